The van der Waals surface area contributed by atoms with Crippen molar-refractivity contribution in [2.75, 3.05) is 24.9 Å². The summed E-state index contributed by atoms with van der Waals surface area (Å²) in [6, 6.07) is 13.5. The SMILES string of the molecule is CCCCCCCCCCCCCCOc1c(OC)cccc1C(=O)Nc1ccccc1CN1CSC=C1C. The maximum absolute atomic E-state index is 13.4. The van der Waals surface area contributed by atoms with Crippen LogP contribution < -0.4 is 14.8 Å². The molecule has 0 atom stereocenters. The quantitative estimate of drug-likeness (QED) is 0.176. The summed E-state index contributed by atoms with van der Waals surface area (Å²) in [6.45, 7) is 5.73. The molecule has 1 aliphatic rings. The van der Waals surface area contributed by atoms with Gasteiger partial charge in [0.2, 0.25) is 0 Å². The fourth-order valence-corrected chi connectivity index (χ4v) is 5.83. The number of hydrogen-bond acceptors (Lipinski definition) is 5. The number of allylic oxidation sites excluding steroid dienone is 1. The van der Waals surface area contributed by atoms with E-state index in [2.05, 4.69) is 35.5 Å². The Bertz CT molecular complexity index is 1040. The number of para-hydroxylation sites is 2. The molecule has 0 unspecified atom stereocenters. The minimum absolute atomic E-state index is 0.186. The third-order valence-corrected chi connectivity index (χ3v) is 8.27. The molecule has 1 heterocycles. The van der Waals surface area contributed by atoms with Crippen molar-refractivity contribution in [2.24, 2.45) is 0 Å². The number of thioether (sulfide) groups is 1. The number of hydrogen-bond donors (Lipinski definition) is 1. The number of anilines is 1. The lowest BCUT2D eigenvalue weighted by Crippen LogP contribution is -2.20. The predicted molar refractivity (Wildman–Crippen MR) is 166 cm³/mol. The largest absolute Gasteiger partial charge is 0.493 e. The number of nitrogens with zero attached hydrogens (tertiary/aromatic N) is 1. The zero-order chi connectivity index (χ0) is 27.7. The van der Waals surface area contributed by atoms with E-state index in [0.717, 1.165) is 36.5 Å². The number of carbonyl (C=O) groups excluding carboxylic acids is 1. The van der Waals surface area contributed by atoms with Crippen LogP contribution in [0.1, 0.15) is 107 Å². The third-order valence-electron chi connectivity index (χ3n) is 7.30. The van der Waals surface area contributed by atoms with Crippen molar-refractivity contribution in [3.05, 3.63) is 64.7 Å². The van der Waals surface area contributed by atoms with Gasteiger partial charge in [0.15, 0.2) is 11.5 Å². The van der Waals surface area contributed by atoms with Crippen LogP contribution in [0, 0.1) is 0 Å². The summed E-state index contributed by atoms with van der Waals surface area (Å²) >= 11 is 1.80. The van der Waals surface area contributed by atoms with Gasteiger partial charge in [-0.05, 0) is 42.5 Å². The Morgan fingerprint density at radius 2 is 1.56 bits per heavy atom. The molecule has 0 saturated carbocycles. The van der Waals surface area contributed by atoms with Crippen molar-refractivity contribution in [2.45, 2.75) is 97.4 Å². The van der Waals surface area contributed by atoms with Gasteiger partial charge in [0, 0.05) is 17.9 Å². The van der Waals surface area contributed by atoms with E-state index in [1.807, 2.05) is 36.4 Å². The molecule has 5 nitrogen and oxygen atoms in total. The van der Waals surface area contributed by atoms with E-state index in [9.17, 15) is 4.79 Å². The van der Waals surface area contributed by atoms with Crippen molar-refractivity contribution in [3.63, 3.8) is 0 Å². The van der Waals surface area contributed by atoms with E-state index >= 15 is 0 Å². The molecule has 0 bridgehead atoms. The number of carbonyl (C=O) groups is 1. The molecule has 2 aromatic carbocycles. The second-order valence-electron chi connectivity index (χ2n) is 10.4. The van der Waals surface area contributed by atoms with E-state index in [0.29, 0.717) is 23.7 Å². The molecule has 1 aliphatic heterocycles. The van der Waals surface area contributed by atoms with Crippen LogP contribution in [0.15, 0.2) is 53.6 Å². The molecule has 0 radical (unpaired) electrons. The third kappa shape index (κ3) is 10.5. The Kier molecular flexibility index (Phi) is 14.2. The number of benzene rings is 2. The molecule has 39 heavy (non-hydrogen) atoms. The highest BCUT2D eigenvalue weighted by Gasteiger charge is 2.19. The standard InChI is InChI=1S/C33H48N2O3S/c1-4-5-6-7-8-9-10-11-12-13-14-17-23-38-32-29(20-18-22-31(32)37-3)33(36)34-30-21-16-15-19-28(30)24-35-26-39-25-27(35)2/h15-16,18-22,25H,4-14,17,23-24,26H2,1-3H3,(H,34,36). The van der Waals surface area contributed by atoms with E-state index in [1.54, 1.807) is 18.9 Å². The van der Waals surface area contributed by atoms with Gasteiger partial charge in [0.1, 0.15) is 0 Å². The van der Waals surface area contributed by atoms with Crippen LogP contribution in [0.3, 0.4) is 0 Å². The Balaban J connectivity index is 1.46. The monoisotopic (exact) mass is 552 g/mol. The van der Waals surface area contributed by atoms with Crippen molar-refractivity contribution in [1.29, 1.82) is 0 Å². The van der Waals surface area contributed by atoms with Crippen LogP contribution in [-0.2, 0) is 6.54 Å². The van der Waals surface area contributed by atoms with E-state index in [1.165, 1.54) is 69.9 Å². The highest BCUT2D eigenvalue weighted by molar-refractivity contribution is 8.02. The minimum atomic E-state index is -0.186. The van der Waals surface area contributed by atoms with Gasteiger partial charge in [-0.15, -0.1) is 11.8 Å². The van der Waals surface area contributed by atoms with Gasteiger partial charge < -0.3 is 19.7 Å². The average Bonchev–Trinajstić information content (AvgIpc) is 3.36. The maximum atomic E-state index is 13.4. The first kappa shape index (κ1) is 30.9. The van der Waals surface area contributed by atoms with Crippen LogP contribution in [0.25, 0.3) is 0 Å². The van der Waals surface area contributed by atoms with E-state index < -0.39 is 0 Å². The van der Waals surface area contributed by atoms with Gasteiger partial charge in [0.25, 0.3) is 5.91 Å². The Labute approximate surface area is 240 Å². The van der Waals surface area contributed by atoms with Gasteiger partial charge in [-0.1, -0.05) is 102 Å². The fourth-order valence-electron chi connectivity index (χ4n) is 4.89. The van der Waals surface area contributed by atoms with Gasteiger partial charge >= 0.3 is 0 Å². The first-order valence-corrected chi connectivity index (χ1v) is 15.9. The molecule has 0 saturated heterocycles. The van der Waals surface area contributed by atoms with Crippen LogP contribution in [0.4, 0.5) is 5.69 Å². The normalized spacial score (nSPS) is 12.9. The molecule has 3 rings (SSSR count). The van der Waals surface area contributed by atoms with E-state index in [-0.39, 0.29) is 5.91 Å². The molecule has 0 fully saturated rings. The molecule has 2 aromatic rings. The summed E-state index contributed by atoms with van der Waals surface area (Å²) in [4.78, 5) is 15.7. The maximum Gasteiger partial charge on any atom is 0.259 e. The lowest BCUT2D eigenvalue weighted by Gasteiger charge is -2.21. The molecule has 6 heteroatoms. The second-order valence-corrected chi connectivity index (χ2v) is 11.3. The van der Waals surface area contributed by atoms with Crippen LogP contribution in [-0.4, -0.2) is 30.4 Å². The number of methoxy groups -OCH3 is 1. The molecule has 0 aliphatic carbocycles. The molecular weight excluding hydrogens is 504 g/mol. The summed E-state index contributed by atoms with van der Waals surface area (Å²) in [5.41, 5.74) is 3.66. The van der Waals surface area contributed by atoms with Gasteiger partial charge in [0.05, 0.1) is 25.2 Å². The highest BCUT2D eigenvalue weighted by atomic mass is 32.2. The zero-order valence-electron chi connectivity index (χ0n) is 24.3. The van der Waals surface area contributed by atoms with Gasteiger partial charge in [-0.25, -0.2) is 0 Å². The van der Waals surface area contributed by atoms with Crippen LogP contribution in [0.2, 0.25) is 0 Å². The summed E-state index contributed by atoms with van der Waals surface area (Å²) in [5, 5.41) is 5.31. The first-order valence-electron chi connectivity index (χ1n) is 14.9. The van der Waals surface area contributed by atoms with Crippen molar-refractivity contribution in [1.82, 2.24) is 4.90 Å². The molecule has 0 aromatic heterocycles. The first-order chi connectivity index (χ1) is 19.1. The molecule has 214 valence electrons. The molecular formula is C33H48N2O3S. The van der Waals surface area contributed by atoms with E-state index in [4.69, 9.17) is 9.47 Å². The zero-order valence-corrected chi connectivity index (χ0v) is 25.1. The van der Waals surface area contributed by atoms with Crippen LogP contribution >= 0.6 is 11.8 Å². The average molecular weight is 553 g/mol. The van der Waals surface area contributed by atoms with Crippen molar-refractivity contribution >= 4 is 23.4 Å². The van der Waals surface area contributed by atoms with Gasteiger partial charge in [-0.2, -0.15) is 0 Å². The number of unbranched alkanes of at least 4 members (excludes halogenated alkanes) is 11. The smallest absolute Gasteiger partial charge is 0.259 e. The van der Waals surface area contributed by atoms with Crippen LogP contribution in [0.5, 0.6) is 11.5 Å². The summed E-state index contributed by atoms with van der Waals surface area (Å²) < 4.78 is 11.7. The topological polar surface area (TPSA) is 50.8 Å². The summed E-state index contributed by atoms with van der Waals surface area (Å²) in [5.74, 6) is 1.85. The lowest BCUT2D eigenvalue weighted by molar-refractivity contribution is 0.102. The number of ether oxygens (including phenoxy) is 2. The Morgan fingerprint density at radius 3 is 2.21 bits per heavy atom. The minimum Gasteiger partial charge on any atom is -0.493 e. The molecule has 1 N–H and O–H groups in total. The molecule has 1 amide bonds. The lowest BCUT2D eigenvalue weighted by atomic mass is 10.1. The number of rotatable bonds is 19. The van der Waals surface area contributed by atoms with Crippen molar-refractivity contribution in [3.8, 4) is 11.5 Å². The van der Waals surface area contributed by atoms with Gasteiger partial charge in [-0.3, -0.25) is 4.79 Å². The molecule has 0 spiro atoms. The Hall–Kier alpha value is -2.60. The highest BCUT2D eigenvalue weighted by Crippen LogP contribution is 2.33. The number of amides is 1. The fraction of sp³-hybridized carbons (Fsp3) is 0.545. The van der Waals surface area contributed by atoms with Crippen molar-refractivity contribution < 1.29 is 14.3 Å². The Morgan fingerprint density at radius 1 is 0.897 bits per heavy atom. The summed E-state index contributed by atoms with van der Waals surface area (Å²) in [6.07, 6.45) is 15.6. The number of nitrogens with one attached hydrogen (secondary N) is 1. The summed E-state index contributed by atoms with van der Waals surface area (Å²) in [7, 11) is 1.62. The second kappa shape index (κ2) is 17.9. The predicted octanol–water partition coefficient (Wildman–Crippen LogP) is 9.39.